The van der Waals surface area contributed by atoms with Gasteiger partial charge in [0.1, 0.15) is 12.3 Å². The third kappa shape index (κ3) is 4.04. The molecule has 1 N–H and O–H groups in total. The summed E-state index contributed by atoms with van der Waals surface area (Å²) in [5, 5.41) is 13.8. The molecule has 0 atom stereocenters. The van der Waals surface area contributed by atoms with Crippen LogP contribution >= 0.6 is 0 Å². The Morgan fingerprint density at radius 1 is 1.16 bits per heavy atom. The number of alkyl halides is 3. The average Bonchev–Trinajstić information content (AvgIpc) is 3.13. The van der Waals surface area contributed by atoms with Gasteiger partial charge in [0.05, 0.1) is 23.1 Å². The molecular weight excluding hydrogens is 429 g/mol. The second-order valence-electron chi connectivity index (χ2n) is 6.92. The quantitative estimate of drug-likeness (QED) is 0.485. The molecule has 4 aromatic rings. The summed E-state index contributed by atoms with van der Waals surface area (Å²) < 4.78 is 46.9. The van der Waals surface area contributed by atoms with Crippen LogP contribution in [0.25, 0.3) is 11.3 Å². The molecule has 0 aliphatic rings. The van der Waals surface area contributed by atoms with Gasteiger partial charge in [-0.1, -0.05) is 18.2 Å². The minimum Gasteiger partial charge on any atom is -0.504 e. The van der Waals surface area contributed by atoms with Crippen LogP contribution in [-0.4, -0.2) is 30.2 Å². The second kappa shape index (κ2) is 7.84. The predicted molar refractivity (Wildman–Crippen MR) is 106 cm³/mol. The molecule has 0 spiro atoms. The lowest BCUT2D eigenvalue weighted by atomic mass is 10.2. The highest BCUT2D eigenvalue weighted by Gasteiger charge is 2.34. The lowest BCUT2D eigenvalue weighted by Crippen LogP contribution is -2.17. The first-order valence-corrected chi connectivity index (χ1v) is 9.25. The van der Waals surface area contributed by atoms with Gasteiger partial charge in [-0.25, -0.2) is 14.5 Å². The number of fused-ring (bicyclic) bond motifs is 1. The highest BCUT2D eigenvalue weighted by molar-refractivity contribution is 5.90. The number of esters is 1. The number of rotatable bonds is 4. The Bertz CT molecular complexity index is 1390. The van der Waals surface area contributed by atoms with Crippen LogP contribution in [-0.2, 0) is 17.5 Å². The van der Waals surface area contributed by atoms with E-state index >= 15 is 0 Å². The van der Waals surface area contributed by atoms with E-state index in [1.807, 2.05) is 6.92 Å². The lowest BCUT2D eigenvalue weighted by Gasteiger charge is -2.12. The third-order valence-electron chi connectivity index (χ3n) is 4.56. The average molecular weight is 444 g/mol. The molecule has 0 unspecified atom stereocenters. The Kier molecular flexibility index (Phi) is 5.17. The molecule has 0 radical (unpaired) electrons. The molecule has 0 fully saturated rings. The van der Waals surface area contributed by atoms with E-state index in [1.165, 1.54) is 22.6 Å². The first-order chi connectivity index (χ1) is 15.1. The third-order valence-corrected chi connectivity index (χ3v) is 4.56. The minimum atomic E-state index is -4.66. The van der Waals surface area contributed by atoms with Crippen molar-refractivity contribution in [1.29, 1.82) is 0 Å². The van der Waals surface area contributed by atoms with Crippen LogP contribution in [0.1, 0.15) is 27.3 Å². The highest BCUT2D eigenvalue weighted by Crippen LogP contribution is 2.34. The maximum absolute atomic E-state index is 13.2. The molecule has 164 valence electrons. The summed E-state index contributed by atoms with van der Waals surface area (Å²) in [5.41, 5.74) is -0.930. The van der Waals surface area contributed by atoms with Crippen LogP contribution in [0.3, 0.4) is 0 Å². The van der Waals surface area contributed by atoms with Crippen molar-refractivity contribution in [3.05, 3.63) is 87.7 Å². The van der Waals surface area contributed by atoms with Gasteiger partial charge in [-0.05, 0) is 30.7 Å². The van der Waals surface area contributed by atoms with E-state index in [-0.39, 0.29) is 16.9 Å². The van der Waals surface area contributed by atoms with Crippen LogP contribution in [0.15, 0.2) is 59.7 Å². The zero-order valence-electron chi connectivity index (χ0n) is 16.5. The molecule has 0 saturated carbocycles. The number of halogens is 3. The van der Waals surface area contributed by atoms with Gasteiger partial charge in [0.25, 0.3) is 5.56 Å². The second-order valence-corrected chi connectivity index (χ2v) is 6.92. The van der Waals surface area contributed by atoms with E-state index in [4.69, 9.17) is 4.74 Å². The summed E-state index contributed by atoms with van der Waals surface area (Å²) in [4.78, 5) is 28.8. The number of aromatic hydroxyl groups is 1. The number of para-hydroxylation sites is 1. The standard InChI is InChI=1S/C21H15F3N4O4/c1-12-6-7-17-25-13(8-18(30)27(17)9-12)11-32-20(31)19-16(29)10-28(26-19)15-5-3-2-4-14(15)21(22,23)24/h2-10,29H,11H2,1H3. The topological polar surface area (TPSA) is 98.7 Å². The number of nitrogens with zero attached hydrogens (tertiary/aromatic N) is 4. The number of ether oxygens (including phenoxy) is 1. The van der Waals surface area contributed by atoms with Gasteiger partial charge in [0.15, 0.2) is 5.75 Å². The Hall–Kier alpha value is -4.15. The van der Waals surface area contributed by atoms with Crippen LogP contribution < -0.4 is 5.56 Å². The maximum Gasteiger partial charge on any atom is 0.418 e. The number of aromatic nitrogens is 4. The monoisotopic (exact) mass is 444 g/mol. The fourth-order valence-corrected chi connectivity index (χ4v) is 3.09. The number of benzene rings is 1. The van der Waals surface area contributed by atoms with Crippen molar-refractivity contribution in [2.24, 2.45) is 0 Å². The molecule has 0 aliphatic carbocycles. The smallest absolute Gasteiger partial charge is 0.418 e. The van der Waals surface area contributed by atoms with Gasteiger partial charge < -0.3 is 9.84 Å². The zero-order valence-corrected chi connectivity index (χ0v) is 16.5. The molecule has 11 heteroatoms. The summed E-state index contributed by atoms with van der Waals surface area (Å²) in [6.45, 7) is 1.42. The summed E-state index contributed by atoms with van der Waals surface area (Å²) in [5.74, 6) is -1.74. The van der Waals surface area contributed by atoms with Gasteiger partial charge in [0, 0.05) is 12.3 Å². The molecular formula is C21H15F3N4O4. The Balaban J connectivity index is 1.57. The zero-order chi connectivity index (χ0) is 23.0. The van der Waals surface area contributed by atoms with Gasteiger partial charge in [-0.15, -0.1) is 0 Å². The Morgan fingerprint density at radius 3 is 2.66 bits per heavy atom. The highest BCUT2D eigenvalue weighted by atomic mass is 19.4. The number of carbonyl (C=O) groups excluding carboxylic acids is 1. The van der Waals surface area contributed by atoms with Gasteiger partial charge in [0.2, 0.25) is 5.69 Å². The Labute approximate surface area is 178 Å². The molecule has 1 aromatic carbocycles. The van der Waals surface area contributed by atoms with Crippen molar-refractivity contribution in [2.45, 2.75) is 19.7 Å². The van der Waals surface area contributed by atoms with Gasteiger partial charge in [-0.3, -0.25) is 9.20 Å². The van der Waals surface area contributed by atoms with E-state index in [9.17, 15) is 27.9 Å². The first kappa shape index (κ1) is 21.1. The number of pyridine rings is 1. The van der Waals surface area contributed by atoms with Crippen LogP contribution in [0.4, 0.5) is 13.2 Å². The number of aryl methyl sites for hydroxylation is 1. The van der Waals surface area contributed by atoms with Crippen molar-refractivity contribution < 1.29 is 27.8 Å². The molecule has 32 heavy (non-hydrogen) atoms. The summed E-state index contributed by atoms with van der Waals surface area (Å²) in [7, 11) is 0. The van der Waals surface area contributed by atoms with Gasteiger partial charge in [-0.2, -0.15) is 18.3 Å². The van der Waals surface area contributed by atoms with E-state index in [1.54, 1.807) is 18.3 Å². The SMILES string of the molecule is Cc1ccc2nc(COC(=O)c3nn(-c4ccccc4C(F)(F)F)cc3O)cc(=O)n2c1. The largest absolute Gasteiger partial charge is 0.504 e. The molecule has 0 bridgehead atoms. The Morgan fingerprint density at radius 2 is 1.91 bits per heavy atom. The van der Waals surface area contributed by atoms with Crippen LogP contribution in [0.5, 0.6) is 5.75 Å². The summed E-state index contributed by atoms with van der Waals surface area (Å²) in [6, 6.07) is 9.18. The van der Waals surface area contributed by atoms with E-state index in [0.717, 1.165) is 28.6 Å². The lowest BCUT2D eigenvalue weighted by molar-refractivity contribution is -0.137. The maximum atomic E-state index is 13.2. The molecule has 0 amide bonds. The fourth-order valence-electron chi connectivity index (χ4n) is 3.09. The van der Waals surface area contributed by atoms with Crippen molar-refractivity contribution in [2.75, 3.05) is 0 Å². The van der Waals surface area contributed by atoms with Gasteiger partial charge >= 0.3 is 12.1 Å². The molecule has 0 saturated heterocycles. The van der Waals surface area contributed by atoms with E-state index in [0.29, 0.717) is 5.65 Å². The molecule has 0 aliphatic heterocycles. The number of hydrogen-bond acceptors (Lipinski definition) is 6. The van der Waals surface area contributed by atoms with Crippen LogP contribution in [0, 0.1) is 6.92 Å². The van der Waals surface area contributed by atoms with E-state index < -0.39 is 35.8 Å². The van der Waals surface area contributed by atoms with Crippen molar-refractivity contribution >= 4 is 11.6 Å². The predicted octanol–water partition coefficient (Wildman–Crippen LogP) is 3.27. The first-order valence-electron chi connectivity index (χ1n) is 9.25. The number of hydrogen-bond donors (Lipinski definition) is 1. The minimum absolute atomic E-state index is 0.161. The van der Waals surface area contributed by atoms with E-state index in [2.05, 4.69) is 10.1 Å². The van der Waals surface area contributed by atoms with Crippen molar-refractivity contribution in [1.82, 2.24) is 19.2 Å². The summed E-state index contributed by atoms with van der Waals surface area (Å²) in [6.07, 6.45) is -2.17. The molecule has 8 nitrogen and oxygen atoms in total. The molecule has 3 aromatic heterocycles. The summed E-state index contributed by atoms with van der Waals surface area (Å²) >= 11 is 0. The normalized spacial score (nSPS) is 11.6. The van der Waals surface area contributed by atoms with Crippen molar-refractivity contribution in [3.63, 3.8) is 0 Å². The van der Waals surface area contributed by atoms with Crippen LogP contribution in [0.2, 0.25) is 0 Å². The number of carbonyl (C=O) groups is 1. The molecule has 4 rings (SSSR count). The van der Waals surface area contributed by atoms with Crippen molar-refractivity contribution in [3.8, 4) is 11.4 Å². The molecule has 3 heterocycles. The fraction of sp³-hybridized carbons (Fsp3) is 0.143.